The van der Waals surface area contributed by atoms with E-state index in [1.54, 1.807) is 0 Å². The predicted molar refractivity (Wildman–Crippen MR) is 125 cm³/mol. The molecule has 32 heavy (non-hydrogen) atoms. The van der Waals surface area contributed by atoms with E-state index in [1.807, 2.05) is 15.9 Å². The third kappa shape index (κ3) is 4.44. The lowest BCUT2D eigenvalue weighted by Gasteiger charge is -2.38. The number of carbonyl (C=O) groups excluding carboxylic acids is 2. The first kappa shape index (κ1) is 21.2. The summed E-state index contributed by atoms with van der Waals surface area (Å²) in [7, 11) is 0. The van der Waals surface area contributed by atoms with Crippen LogP contribution in [0.5, 0.6) is 0 Å². The fourth-order valence-corrected chi connectivity index (χ4v) is 5.62. The minimum Gasteiger partial charge on any atom is -0.340 e. The quantitative estimate of drug-likeness (QED) is 0.744. The molecule has 0 bridgehead atoms. The van der Waals surface area contributed by atoms with E-state index in [9.17, 15) is 9.59 Å². The number of hydrogen-bond donors (Lipinski definition) is 0. The molecule has 168 valence electrons. The van der Waals surface area contributed by atoms with Crippen molar-refractivity contribution in [2.75, 3.05) is 39.3 Å². The summed E-state index contributed by atoms with van der Waals surface area (Å²) in [5, 5.41) is 0. The molecule has 1 unspecified atom stereocenters. The molecular formula is C27H33N3O2. The maximum Gasteiger partial charge on any atom is 0.237 e. The maximum atomic E-state index is 13.3. The second-order valence-corrected chi connectivity index (χ2v) is 9.52. The van der Waals surface area contributed by atoms with Crippen molar-refractivity contribution in [1.29, 1.82) is 0 Å². The highest BCUT2D eigenvalue weighted by Crippen LogP contribution is 2.33. The van der Waals surface area contributed by atoms with Gasteiger partial charge in [-0.15, -0.1) is 0 Å². The van der Waals surface area contributed by atoms with E-state index in [1.165, 1.54) is 29.5 Å². The Morgan fingerprint density at radius 3 is 2.25 bits per heavy atom. The van der Waals surface area contributed by atoms with Crippen LogP contribution in [0, 0.1) is 5.92 Å². The molecule has 2 fully saturated rings. The Bertz CT molecular complexity index is 946. The van der Waals surface area contributed by atoms with Crippen LogP contribution in [0.25, 0.3) is 0 Å². The molecule has 2 aromatic rings. The van der Waals surface area contributed by atoms with E-state index in [-0.39, 0.29) is 17.7 Å². The normalized spacial score (nSPS) is 22.1. The molecule has 1 atom stereocenters. The molecular weight excluding hydrogens is 398 g/mol. The molecule has 3 aliphatic rings. The Labute approximate surface area is 191 Å². The van der Waals surface area contributed by atoms with E-state index >= 15 is 0 Å². The Kier molecular flexibility index (Phi) is 6.26. The van der Waals surface area contributed by atoms with E-state index in [4.69, 9.17) is 0 Å². The van der Waals surface area contributed by atoms with E-state index in [2.05, 4.69) is 53.4 Å². The van der Waals surface area contributed by atoms with Gasteiger partial charge in [-0.3, -0.25) is 14.5 Å². The summed E-state index contributed by atoms with van der Waals surface area (Å²) in [6.45, 7) is 4.91. The summed E-state index contributed by atoms with van der Waals surface area (Å²) < 4.78 is 0. The molecule has 0 spiro atoms. The van der Waals surface area contributed by atoms with Gasteiger partial charge in [0.25, 0.3) is 0 Å². The van der Waals surface area contributed by atoms with Gasteiger partial charge in [0.1, 0.15) is 0 Å². The lowest BCUT2D eigenvalue weighted by Crippen LogP contribution is -2.53. The highest BCUT2D eigenvalue weighted by Gasteiger charge is 2.32. The van der Waals surface area contributed by atoms with E-state index < -0.39 is 0 Å². The molecule has 5 heteroatoms. The first-order chi connectivity index (χ1) is 15.7. The Balaban J connectivity index is 1.21. The molecule has 1 aliphatic carbocycles. The molecule has 1 saturated carbocycles. The van der Waals surface area contributed by atoms with Crippen LogP contribution in [0.4, 0.5) is 0 Å². The Hall–Kier alpha value is -2.66. The maximum absolute atomic E-state index is 13.3. The summed E-state index contributed by atoms with van der Waals surface area (Å²) in [5.74, 6) is 0.986. The molecule has 2 aliphatic heterocycles. The van der Waals surface area contributed by atoms with Crippen molar-refractivity contribution in [1.82, 2.24) is 14.7 Å². The van der Waals surface area contributed by atoms with Gasteiger partial charge in [-0.25, -0.2) is 0 Å². The summed E-state index contributed by atoms with van der Waals surface area (Å²) in [6, 6.07) is 19.0. The first-order valence-electron chi connectivity index (χ1n) is 12.1. The number of nitrogens with zero attached hydrogens (tertiary/aromatic N) is 3. The standard InChI is InChI=1S/C27H33N3O2/c31-26(20-28-14-16-29(17-15-28)27(32)22-10-4-5-11-22)30-18-23-12-6-7-13-24(23)25(19-30)21-8-2-1-3-9-21/h1-3,6-9,12-13,22,25H,4-5,10-11,14-20H2. The van der Waals surface area contributed by atoms with Crippen LogP contribution in [-0.4, -0.2) is 65.8 Å². The van der Waals surface area contributed by atoms with Crippen molar-refractivity contribution >= 4 is 11.8 Å². The highest BCUT2D eigenvalue weighted by molar-refractivity contribution is 5.80. The van der Waals surface area contributed by atoms with Crippen molar-refractivity contribution in [2.24, 2.45) is 5.92 Å². The number of amides is 2. The lowest BCUT2D eigenvalue weighted by molar-refractivity contribution is -0.138. The van der Waals surface area contributed by atoms with Gasteiger partial charge in [-0.2, -0.15) is 0 Å². The molecule has 2 heterocycles. The largest absolute Gasteiger partial charge is 0.340 e. The SMILES string of the molecule is O=C(CN1CCN(C(=O)C2CCCC2)CC1)N1Cc2ccccc2C(c2ccccc2)C1. The van der Waals surface area contributed by atoms with Gasteiger partial charge in [0.15, 0.2) is 0 Å². The van der Waals surface area contributed by atoms with Crippen LogP contribution in [0.2, 0.25) is 0 Å². The summed E-state index contributed by atoms with van der Waals surface area (Å²) >= 11 is 0. The zero-order valence-electron chi connectivity index (χ0n) is 18.8. The molecule has 1 saturated heterocycles. The van der Waals surface area contributed by atoms with E-state index in [0.717, 1.165) is 45.6 Å². The van der Waals surface area contributed by atoms with Crippen molar-refractivity contribution in [2.45, 2.75) is 38.1 Å². The van der Waals surface area contributed by atoms with Crippen LogP contribution in [-0.2, 0) is 16.1 Å². The Morgan fingerprint density at radius 2 is 1.50 bits per heavy atom. The minimum absolute atomic E-state index is 0.191. The number of carbonyl (C=O) groups is 2. The summed E-state index contributed by atoms with van der Waals surface area (Å²) in [6.07, 6.45) is 4.48. The third-order valence-electron chi connectivity index (χ3n) is 7.50. The van der Waals surface area contributed by atoms with Crippen molar-refractivity contribution < 1.29 is 9.59 Å². The highest BCUT2D eigenvalue weighted by atomic mass is 16.2. The van der Waals surface area contributed by atoms with Crippen LogP contribution in [0.15, 0.2) is 54.6 Å². The van der Waals surface area contributed by atoms with Gasteiger partial charge in [0.2, 0.25) is 11.8 Å². The molecule has 2 amide bonds. The predicted octanol–water partition coefficient (Wildman–Crippen LogP) is 3.50. The van der Waals surface area contributed by atoms with Crippen LogP contribution in [0.3, 0.4) is 0 Å². The fraction of sp³-hybridized carbons (Fsp3) is 0.481. The fourth-order valence-electron chi connectivity index (χ4n) is 5.62. The molecule has 0 N–H and O–H groups in total. The van der Waals surface area contributed by atoms with Gasteiger partial charge < -0.3 is 9.80 Å². The van der Waals surface area contributed by atoms with Gasteiger partial charge >= 0.3 is 0 Å². The first-order valence-corrected chi connectivity index (χ1v) is 12.1. The van der Waals surface area contributed by atoms with Crippen molar-refractivity contribution in [3.8, 4) is 0 Å². The molecule has 5 rings (SSSR count). The minimum atomic E-state index is 0.191. The zero-order valence-corrected chi connectivity index (χ0v) is 18.8. The number of fused-ring (bicyclic) bond motifs is 1. The van der Waals surface area contributed by atoms with Crippen molar-refractivity contribution in [3.05, 3.63) is 71.3 Å². The van der Waals surface area contributed by atoms with Gasteiger partial charge in [-0.1, -0.05) is 67.4 Å². The van der Waals surface area contributed by atoms with Gasteiger partial charge in [0.05, 0.1) is 6.54 Å². The second-order valence-electron chi connectivity index (χ2n) is 9.52. The number of hydrogen-bond acceptors (Lipinski definition) is 3. The Morgan fingerprint density at radius 1 is 0.812 bits per heavy atom. The number of rotatable bonds is 4. The van der Waals surface area contributed by atoms with E-state index in [0.29, 0.717) is 19.0 Å². The zero-order chi connectivity index (χ0) is 21.9. The number of piperazine rings is 1. The van der Waals surface area contributed by atoms with Gasteiger partial charge in [0, 0.05) is 51.1 Å². The third-order valence-corrected chi connectivity index (χ3v) is 7.50. The monoisotopic (exact) mass is 431 g/mol. The average Bonchev–Trinajstić information content (AvgIpc) is 3.39. The average molecular weight is 432 g/mol. The molecule has 5 nitrogen and oxygen atoms in total. The van der Waals surface area contributed by atoms with Crippen LogP contribution in [0.1, 0.15) is 48.3 Å². The van der Waals surface area contributed by atoms with Crippen LogP contribution < -0.4 is 0 Å². The molecule has 0 radical (unpaired) electrons. The van der Waals surface area contributed by atoms with Gasteiger partial charge in [-0.05, 0) is 29.5 Å². The van der Waals surface area contributed by atoms with Crippen molar-refractivity contribution in [3.63, 3.8) is 0 Å². The lowest BCUT2D eigenvalue weighted by atomic mass is 9.84. The topological polar surface area (TPSA) is 43.9 Å². The van der Waals surface area contributed by atoms with Crippen LogP contribution >= 0.6 is 0 Å². The summed E-state index contributed by atoms with van der Waals surface area (Å²) in [4.78, 5) is 32.2. The number of benzene rings is 2. The summed E-state index contributed by atoms with van der Waals surface area (Å²) in [5.41, 5.74) is 3.84. The molecule has 2 aromatic carbocycles. The molecule has 0 aromatic heterocycles. The smallest absolute Gasteiger partial charge is 0.237 e. The second kappa shape index (κ2) is 9.45.